The van der Waals surface area contributed by atoms with Crippen molar-refractivity contribution in [2.24, 2.45) is 7.05 Å². The molecule has 0 aliphatic heterocycles. The molecule has 2 amide bonds. The standard InChI is InChI=1S/C9H10F3N3O2/c1-13-8(17)14-6-3-5(9(10,11)12)4-15(2)7(6)16/h3-4H,1-2H3,(H2,13,14,17). The monoisotopic (exact) mass is 249 g/mol. The van der Waals surface area contributed by atoms with Crippen LogP contribution in [0.25, 0.3) is 0 Å². The molecule has 0 aromatic carbocycles. The molecule has 1 rings (SSSR count). The molecule has 17 heavy (non-hydrogen) atoms. The second-order valence-corrected chi connectivity index (χ2v) is 3.26. The van der Waals surface area contributed by atoms with Crippen molar-refractivity contribution >= 4 is 11.7 Å². The topological polar surface area (TPSA) is 63.1 Å². The van der Waals surface area contributed by atoms with E-state index in [1.807, 2.05) is 5.32 Å². The highest BCUT2D eigenvalue weighted by Crippen LogP contribution is 2.29. The summed E-state index contributed by atoms with van der Waals surface area (Å²) in [4.78, 5) is 22.4. The van der Waals surface area contributed by atoms with Gasteiger partial charge in [0.2, 0.25) is 0 Å². The molecule has 0 atom stereocenters. The minimum absolute atomic E-state index is 0.429. The highest BCUT2D eigenvalue weighted by molar-refractivity contribution is 5.88. The quantitative estimate of drug-likeness (QED) is 0.784. The van der Waals surface area contributed by atoms with Crippen molar-refractivity contribution in [3.05, 3.63) is 28.2 Å². The van der Waals surface area contributed by atoms with Crippen LogP contribution in [0.2, 0.25) is 0 Å². The number of hydrogen-bond donors (Lipinski definition) is 2. The number of urea groups is 1. The maximum absolute atomic E-state index is 12.5. The van der Waals surface area contributed by atoms with Gasteiger partial charge in [0.1, 0.15) is 5.69 Å². The number of alkyl halides is 3. The van der Waals surface area contributed by atoms with Gasteiger partial charge in [-0.25, -0.2) is 4.79 Å². The third-order valence-corrected chi connectivity index (χ3v) is 1.99. The number of carbonyl (C=O) groups is 1. The Hall–Kier alpha value is -1.99. The smallest absolute Gasteiger partial charge is 0.341 e. The largest absolute Gasteiger partial charge is 0.417 e. The Morgan fingerprint density at radius 3 is 2.47 bits per heavy atom. The first kappa shape index (κ1) is 13.1. The van der Waals surface area contributed by atoms with Crippen molar-refractivity contribution in [3.63, 3.8) is 0 Å². The van der Waals surface area contributed by atoms with Gasteiger partial charge in [-0.05, 0) is 6.07 Å². The minimum atomic E-state index is -4.58. The van der Waals surface area contributed by atoms with Crippen LogP contribution in [0.15, 0.2) is 17.1 Å². The summed E-state index contributed by atoms with van der Waals surface area (Å²) in [6.07, 6.45) is -3.91. The molecular formula is C9H10F3N3O2. The van der Waals surface area contributed by atoms with Gasteiger partial charge in [0.25, 0.3) is 5.56 Å². The van der Waals surface area contributed by atoms with Crippen molar-refractivity contribution in [1.29, 1.82) is 0 Å². The maximum atomic E-state index is 12.5. The molecule has 0 aliphatic carbocycles. The summed E-state index contributed by atoms with van der Waals surface area (Å²) in [6.45, 7) is 0. The summed E-state index contributed by atoms with van der Waals surface area (Å²) < 4.78 is 38.1. The Bertz CT molecular complexity index is 493. The number of carbonyl (C=O) groups excluding carboxylic acids is 1. The number of amides is 2. The Morgan fingerprint density at radius 2 is 2.00 bits per heavy atom. The van der Waals surface area contributed by atoms with Crippen LogP contribution >= 0.6 is 0 Å². The van der Waals surface area contributed by atoms with E-state index in [2.05, 4.69) is 5.32 Å². The highest BCUT2D eigenvalue weighted by atomic mass is 19.4. The molecule has 8 heteroatoms. The van der Waals surface area contributed by atoms with Crippen LogP contribution in [-0.4, -0.2) is 17.6 Å². The van der Waals surface area contributed by atoms with Crippen molar-refractivity contribution in [2.45, 2.75) is 6.18 Å². The third-order valence-electron chi connectivity index (χ3n) is 1.99. The molecule has 2 N–H and O–H groups in total. The lowest BCUT2D eigenvalue weighted by Gasteiger charge is -2.11. The summed E-state index contributed by atoms with van der Waals surface area (Å²) in [5, 5.41) is 4.17. The normalized spacial score (nSPS) is 11.1. The fourth-order valence-corrected chi connectivity index (χ4v) is 1.14. The van der Waals surface area contributed by atoms with E-state index >= 15 is 0 Å². The van der Waals surface area contributed by atoms with Gasteiger partial charge in [-0.15, -0.1) is 0 Å². The van der Waals surface area contributed by atoms with Crippen LogP contribution in [0.4, 0.5) is 23.7 Å². The number of nitrogens with one attached hydrogen (secondary N) is 2. The van der Waals surface area contributed by atoms with E-state index in [0.717, 1.165) is 4.57 Å². The molecule has 0 unspecified atom stereocenters. The molecule has 0 fully saturated rings. The molecule has 1 aromatic rings. The minimum Gasteiger partial charge on any atom is -0.341 e. The van der Waals surface area contributed by atoms with Crippen LogP contribution < -0.4 is 16.2 Å². The summed E-state index contributed by atoms with van der Waals surface area (Å²) >= 11 is 0. The van der Waals surface area contributed by atoms with E-state index in [0.29, 0.717) is 12.3 Å². The van der Waals surface area contributed by atoms with Gasteiger partial charge in [0.15, 0.2) is 0 Å². The Balaban J connectivity index is 3.26. The number of aryl methyl sites for hydroxylation is 1. The fourth-order valence-electron chi connectivity index (χ4n) is 1.14. The van der Waals surface area contributed by atoms with Gasteiger partial charge in [-0.3, -0.25) is 4.79 Å². The molecule has 0 aliphatic rings. The van der Waals surface area contributed by atoms with Gasteiger partial charge >= 0.3 is 12.2 Å². The van der Waals surface area contributed by atoms with E-state index in [1.165, 1.54) is 14.1 Å². The average molecular weight is 249 g/mol. The number of halogens is 3. The number of rotatable bonds is 1. The van der Waals surface area contributed by atoms with E-state index < -0.39 is 29.0 Å². The second-order valence-electron chi connectivity index (χ2n) is 3.26. The van der Waals surface area contributed by atoms with E-state index in [9.17, 15) is 22.8 Å². The van der Waals surface area contributed by atoms with Gasteiger partial charge in [-0.1, -0.05) is 0 Å². The summed E-state index contributed by atoms with van der Waals surface area (Å²) in [7, 11) is 2.46. The van der Waals surface area contributed by atoms with E-state index in [1.54, 1.807) is 0 Å². The SMILES string of the molecule is CNC(=O)Nc1cc(C(F)(F)F)cn(C)c1=O. The predicted octanol–water partition coefficient (Wildman–Crippen LogP) is 1.16. The van der Waals surface area contributed by atoms with E-state index in [4.69, 9.17) is 0 Å². The fraction of sp³-hybridized carbons (Fsp3) is 0.333. The number of hydrogen-bond acceptors (Lipinski definition) is 2. The predicted molar refractivity (Wildman–Crippen MR) is 54.8 cm³/mol. The molecule has 0 spiro atoms. The number of aromatic nitrogens is 1. The zero-order valence-corrected chi connectivity index (χ0v) is 9.05. The molecule has 0 saturated heterocycles. The van der Waals surface area contributed by atoms with Gasteiger partial charge < -0.3 is 15.2 Å². The third kappa shape index (κ3) is 2.99. The van der Waals surface area contributed by atoms with Gasteiger partial charge in [0, 0.05) is 20.3 Å². The van der Waals surface area contributed by atoms with Crippen LogP contribution in [0.3, 0.4) is 0 Å². The maximum Gasteiger partial charge on any atom is 0.417 e. The van der Waals surface area contributed by atoms with Crippen molar-refractivity contribution in [3.8, 4) is 0 Å². The van der Waals surface area contributed by atoms with Crippen molar-refractivity contribution in [1.82, 2.24) is 9.88 Å². The van der Waals surface area contributed by atoms with E-state index in [-0.39, 0.29) is 0 Å². The molecule has 0 bridgehead atoms. The summed E-state index contributed by atoms with van der Waals surface area (Å²) in [5.74, 6) is 0. The first-order valence-electron chi connectivity index (χ1n) is 4.52. The van der Waals surface area contributed by atoms with Crippen molar-refractivity contribution in [2.75, 3.05) is 12.4 Å². The van der Waals surface area contributed by atoms with Crippen LogP contribution in [0, 0.1) is 0 Å². The number of anilines is 1. The molecule has 1 aromatic heterocycles. The van der Waals surface area contributed by atoms with Crippen LogP contribution in [0.5, 0.6) is 0 Å². The lowest BCUT2D eigenvalue weighted by molar-refractivity contribution is -0.138. The molecule has 5 nitrogen and oxygen atoms in total. The van der Waals surface area contributed by atoms with Crippen LogP contribution in [0.1, 0.15) is 5.56 Å². The molecule has 0 saturated carbocycles. The summed E-state index contributed by atoms with van der Waals surface area (Å²) in [5.41, 5.74) is -2.16. The van der Waals surface area contributed by atoms with Gasteiger partial charge in [0.05, 0.1) is 5.56 Å². The molecule has 1 heterocycles. The Labute approximate surface area is 94.2 Å². The highest BCUT2D eigenvalue weighted by Gasteiger charge is 2.32. The lowest BCUT2D eigenvalue weighted by Crippen LogP contribution is -2.30. The average Bonchev–Trinajstić information content (AvgIpc) is 2.22. The first-order chi connectivity index (χ1) is 7.75. The first-order valence-corrected chi connectivity index (χ1v) is 4.52. The zero-order valence-electron chi connectivity index (χ0n) is 9.05. The lowest BCUT2D eigenvalue weighted by atomic mass is 10.2. The number of nitrogens with zero attached hydrogens (tertiary/aromatic N) is 1. The summed E-state index contributed by atoms with van der Waals surface area (Å²) in [6, 6.07) is -0.168. The van der Waals surface area contributed by atoms with Gasteiger partial charge in [-0.2, -0.15) is 13.2 Å². The second kappa shape index (κ2) is 4.48. The van der Waals surface area contributed by atoms with Crippen LogP contribution in [-0.2, 0) is 13.2 Å². The molecule has 94 valence electrons. The Morgan fingerprint density at radius 1 is 1.41 bits per heavy atom. The number of pyridine rings is 1. The molecular weight excluding hydrogens is 239 g/mol. The Kier molecular flexibility index (Phi) is 3.45. The molecule has 0 radical (unpaired) electrons. The van der Waals surface area contributed by atoms with Crippen molar-refractivity contribution < 1.29 is 18.0 Å². The zero-order chi connectivity index (χ0) is 13.2.